The Kier molecular flexibility index (Phi) is 11.1. The van der Waals surface area contributed by atoms with E-state index in [0.717, 1.165) is 0 Å². The highest BCUT2D eigenvalue weighted by Crippen LogP contribution is 2.49. The number of carbonyl (C=O) groups excluding carboxylic acids is 2. The van der Waals surface area contributed by atoms with Crippen LogP contribution in [0.3, 0.4) is 0 Å². The average molecular weight is 353 g/mol. The molecule has 0 unspecified atom stereocenters. The van der Waals surface area contributed by atoms with Crippen LogP contribution in [-0.4, -0.2) is 50.3 Å². The fourth-order valence-corrected chi connectivity index (χ4v) is 2.65. The topological polar surface area (TPSA) is 101 Å². The quantitative estimate of drug-likeness (QED) is 0.353. The molecule has 10 heteroatoms. The van der Waals surface area contributed by atoms with E-state index in [1.165, 1.54) is 11.9 Å². The molecule has 0 aliphatic rings. The Morgan fingerprint density at radius 3 is 2.00 bits per heavy atom. The molecule has 0 rings (SSSR count). The van der Waals surface area contributed by atoms with Crippen molar-refractivity contribution in [3.05, 3.63) is 11.9 Å². The minimum atomic E-state index is -3.40. The highest BCUT2D eigenvalue weighted by atomic mass is 31.2. The highest BCUT2D eigenvalue weighted by Gasteiger charge is 2.22. The van der Waals surface area contributed by atoms with Gasteiger partial charge in [-0.1, -0.05) is 6.08 Å². The molecular weight excluding hydrogens is 329 g/mol. The third kappa shape index (κ3) is 9.22. The predicted octanol–water partition coefficient (Wildman–Crippen LogP) is 3.31. The van der Waals surface area contributed by atoms with E-state index in [1.54, 1.807) is 27.7 Å². The van der Waals surface area contributed by atoms with Crippen molar-refractivity contribution in [3.63, 3.8) is 0 Å². The van der Waals surface area contributed by atoms with Crippen molar-refractivity contribution in [2.24, 2.45) is 0 Å². The summed E-state index contributed by atoms with van der Waals surface area (Å²) in [6.45, 7) is 6.93. The van der Waals surface area contributed by atoms with E-state index in [0.29, 0.717) is 5.06 Å². The first-order chi connectivity index (χ1) is 10.9. The van der Waals surface area contributed by atoms with E-state index in [2.05, 4.69) is 4.74 Å². The molecule has 0 saturated heterocycles. The van der Waals surface area contributed by atoms with Gasteiger partial charge in [0.25, 0.3) is 0 Å². The van der Waals surface area contributed by atoms with Crippen molar-refractivity contribution in [3.8, 4) is 0 Å². The van der Waals surface area contributed by atoms with Crippen LogP contribution in [0.25, 0.3) is 0 Å². The normalized spacial score (nSPS) is 11.3. The van der Waals surface area contributed by atoms with E-state index in [1.807, 2.05) is 0 Å². The maximum atomic E-state index is 12.2. The summed E-state index contributed by atoms with van der Waals surface area (Å²) in [5, 5.41) is 0.639. The molecule has 0 aliphatic carbocycles. The van der Waals surface area contributed by atoms with Crippen LogP contribution in [0.15, 0.2) is 11.9 Å². The number of ether oxygens (including phenoxy) is 2. The van der Waals surface area contributed by atoms with E-state index in [9.17, 15) is 14.2 Å². The van der Waals surface area contributed by atoms with Crippen LogP contribution in [-0.2, 0) is 27.9 Å². The van der Waals surface area contributed by atoms with E-state index in [-0.39, 0.29) is 33.0 Å². The summed E-state index contributed by atoms with van der Waals surface area (Å²) in [7, 11) is -3.40. The van der Waals surface area contributed by atoms with Gasteiger partial charge in [0, 0.05) is 5.82 Å². The van der Waals surface area contributed by atoms with Gasteiger partial charge in [0.15, 0.2) is 0 Å². The monoisotopic (exact) mass is 353 g/mol. The van der Waals surface area contributed by atoms with Gasteiger partial charge >= 0.3 is 19.8 Å². The van der Waals surface area contributed by atoms with E-state index >= 15 is 0 Å². The summed E-state index contributed by atoms with van der Waals surface area (Å²) >= 11 is 0. The van der Waals surface area contributed by atoms with Gasteiger partial charge in [-0.3, -0.25) is 9.40 Å². The van der Waals surface area contributed by atoms with Gasteiger partial charge in [0.2, 0.25) is 0 Å². The first-order valence-corrected chi connectivity index (χ1v) is 8.89. The van der Waals surface area contributed by atoms with E-state index in [4.69, 9.17) is 18.6 Å². The smallest absolute Gasteiger partial charge is 0.448 e. The van der Waals surface area contributed by atoms with Gasteiger partial charge < -0.3 is 18.5 Å². The largest absolute Gasteiger partial charge is 0.533 e. The number of carbonyl (C=O) groups is 2. The molecule has 1 amide bonds. The Morgan fingerprint density at radius 1 is 0.957 bits per heavy atom. The van der Waals surface area contributed by atoms with Crippen LogP contribution in [0, 0.1) is 0 Å². The lowest BCUT2D eigenvalue weighted by molar-refractivity contribution is -0.103. The second-order valence-corrected chi connectivity index (χ2v) is 5.69. The molecule has 134 valence electrons. The maximum absolute atomic E-state index is 12.2. The SMILES string of the molecule is CCOC(=O)ON(C/C=C/P(=O)(OCC)OCC)C(=O)OCC. The molecule has 23 heavy (non-hydrogen) atoms. The fourth-order valence-electron chi connectivity index (χ4n) is 1.33. The highest BCUT2D eigenvalue weighted by molar-refractivity contribution is 7.57. The summed E-state index contributed by atoms with van der Waals surface area (Å²) in [6, 6.07) is 0. The van der Waals surface area contributed by atoms with Crippen molar-refractivity contribution in [2.75, 3.05) is 33.0 Å². The Labute approximate surface area is 135 Å². The van der Waals surface area contributed by atoms with Crippen LogP contribution in [0.2, 0.25) is 0 Å². The van der Waals surface area contributed by atoms with E-state index < -0.39 is 19.8 Å². The summed E-state index contributed by atoms with van der Waals surface area (Å²) in [5.74, 6) is 1.20. The molecule has 0 fully saturated rings. The second kappa shape index (κ2) is 11.9. The lowest BCUT2D eigenvalue weighted by atomic mass is 10.6. The predicted molar refractivity (Wildman–Crippen MR) is 81.8 cm³/mol. The Bertz CT molecular complexity index is 430. The van der Waals surface area contributed by atoms with Crippen molar-refractivity contribution in [1.82, 2.24) is 5.06 Å². The van der Waals surface area contributed by atoms with Crippen LogP contribution in [0.1, 0.15) is 27.7 Å². The first-order valence-electron chi connectivity index (χ1n) is 7.27. The lowest BCUT2D eigenvalue weighted by Crippen LogP contribution is -2.34. The zero-order valence-corrected chi connectivity index (χ0v) is 14.7. The molecule has 0 atom stereocenters. The number of hydroxylamine groups is 2. The second-order valence-electron chi connectivity index (χ2n) is 3.79. The summed E-state index contributed by atoms with van der Waals surface area (Å²) in [4.78, 5) is 27.7. The number of nitrogens with zero attached hydrogens (tertiary/aromatic N) is 1. The third-order valence-corrected chi connectivity index (χ3v) is 3.91. The zero-order chi connectivity index (χ0) is 17.7. The number of amides is 1. The molecule has 0 aliphatic heterocycles. The van der Waals surface area contributed by atoms with Gasteiger partial charge in [-0.25, -0.2) is 9.59 Å². The van der Waals surface area contributed by atoms with Crippen LogP contribution >= 0.6 is 7.60 Å². The van der Waals surface area contributed by atoms with Gasteiger partial charge in [0.1, 0.15) is 0 Å². The summed E-state index contributed by atoms with van der Waals surface area (Å²) < 4.78 is 31.7. The van der Waals surface area contributed by atoms with Gasteiger partial charge in [0.05, 0.1) is 33.0 Å². The molecule has 0 spiro atoms. The molecule has 0 radical (unpaired) electrons. The molecule has 0 aromatic heterocycles. The molecule has 0 saturated carbocycles. The Balaban J connectivity index is 4.86. The zero-order valence-electron chi connectivity index (χ0n) is 13.9. The molecule has 0 aromatic rings. The number of hydrogen-bond acceptors (Lipinski definition) is 8. The van der Waals surface area contributed by atoms with Crippen molar-refractivity contribution < 1.29 is 37.5 Å². The number of rotatable bonds is 9. The minimum Gasteiger partial charge on any atom is -0.448 e. The molecule has 0 N–H and O–H groups in total. The van der Waals surface area contributed by atoms with Crippen molar-refractivity contribution >= 4 is 19.8 Å². The van der Waals surface area contributed by atoms with Crippen molar-refractivity contribution in [2.45, 2.75) is 27.7 Å². The van der Waals surface area contributed by atoms with Gasteiger partial charge in [-0.15, -0.1) is 5.06 Å². The number of hydrogen-bond donors (Lipinski definition) is 0. The fraction of sp³-hybridized carbons (Fsp3) is 0.692. The lowest BCUT2D eigenvalue weighted by Gasteiger charge is -2.18. The van der Waals surface area contributed by atoms with Crippen LogP contribution < -0.4 is 0 Å². The standard InChI is InChI=1S/C13H24NO8P/c1-5-18-12(15)14(22-13(16)19-6-2)10-9-11-23(17,20-7-3)21-8-4/h9,11H,5-8,10H2,1-4H3/b11-9+. The maximum Gasteiger partial charge on any atom is 0.533 e. The van der Waals surface area contributed by atoms with Gasteiger partial charge in [-0.2, -0.15) is 0 Å². The molecule has 0 heterocycles. The van der Waals surface area contributed by atoms with Gasteiger partial charge in [-0.05, 0) is 27.7 Å². The van der Waals surface area contributed by atoms with Crippen molar-refractivity contribution in [1.29, 1.82) is 0 Å². The minimum absolute atomic E-state index is 0.0925. The molecular formula is C13H24NO8P. The van der Waals surface area contributed by atoms with Crippen LogP contribution in [0.4, 0.5) is 9.59 Å². The summed E-state index contributed by atoms with van der Waals surface area (Å²) in [5.41, 5.74) is 0. The third-order valence-electron chi connectivity index (χ3n) is 2.10. The molecule has 9 nitrogen and oxygen atoms in total. The molecule has 0 bridgehead atoms. The molecule has 0 aromatic carbocycles. The summed E-state index contributed by atoms with van der Waals surface area (Å²) in [6.07, 6.45) is -0.609. The Morgan fingerprint density at radius 2 is 1.52 bits per heavy atom. The first kappa shape index (κ1) is 21.4. The van der Waals surface area contributed by atoms with Crippen LogP contribution in [0.5, 0.6) is 0 Å². The average Bonchev–Trinajstić information content (AvgIpc) is 2.47. The Hall–Kier alpha value is -1.57.